The molecule has 4 rings (SSSR count). The molecule has 122 valence electrons. The number of likely N-dealkylation sites (tertiary alicyclic amines) is 1. The highest BCUT2D eigenvalue weighted by Gasteiger charge is 2.29. The molecule has 0 spiro atoms. The number of fused-ring (bicyclic) bond motifs is 1. The van der Waals surface area contributed by atoms with Crippen LogP contribution in [0.5, 0.6) is 0 Å². The minimum absolute atomic E-state index is 0.488. The van der Waals surface area contributed by atoms with E-state index in [9.17, 15) is 0 Å². The molecule has 1 aliphatic carbocycles. The lowest BCUT2D eigenvalue weighted by Crippen LogP contribution is -2.39. The fourth-order valence-corrected chi connectivity index (χ4v) is 3.30. The molecule has 6 heteroatoms. The lowest BCUT2D eigenvalue weighted by Gasteiger charge is -2.32. The second-order valence-corrected chi connectivity index (χ2v) is 6.97. The van der Waals surface area contributed by atoms with E-state index in [1.54, 1.807) is 0 Å². The van der Waals surface area contributed by atoms with Crippen LogP contribution in [0.4, 0.5) is 5.82 Å². The van der Waals surface area contributed by atoms with Crippen molar-refractivity contribution in [1.29, 1.82) is 0 Å². The summed E-state index contributed by atoms with van der Waals surface area (Å²) in [6, 6.07) is 4.51. The van der Waals surface area contributed by atoms with Crippen LogP contribution < -0.4 is 5.32 Å². The van der Waals surface area contributed by atoms with Gasteiger partial charge in [0.1, 0.15) is 5.82 Å². The van der Waals surface area contributed by atoms with Crippen molar-refractivity contribution in [2.45, 2.75) is 44.6 Å². The molecule has 0 unspecified atom stereocenters. The van der Waals surface area contributed by atoms with Gasteiger partial charge in [-0.05, 0) is 44.7 Å². The summed E-state index contributed by atoms with van der Waals surface area (Å²) < 4.78 is 1.91. The Labute approximate surface area is 136 Å². The Bertz CT molecular complexity index is 709. The van der Waals surface area contributed by atoms with Crippen LogP contribution in [0, 0.1) is 0 Å². The fraction of sp³-hybridized carbons (Fsp3) is 0.588. The lowest BCUT2D eigenvalue weighted by atomic mass is 10.0. The number of anilines is 1. The van der Waals surface area contributed by atoms with Crippen molar-refractivity contribution < 1.29 is 0 Å². The number of nitrogens with zero attached hydrogens (tertiary/aromatic N) is 5. The smallest absolute Gasteiger partial charge is 0.178 e. The molecule has 0 bridgehead atoms. The van der Waals surface area contributed by atoms with Gasteiger partial charge >= 0.3 is 0 Å². The van der Waals surface area contributed by atoms with E-state index in [-0.39, 0.29) is 0 Å². The zero-order valence-electron chi connectivity index (χ0n) is 13.7. The highest BCUT2D eigenvalue weighted by Crippen LogP contribution is 2.38. The molecule has 0 atom stereocenters. The van der Waals surface area contributed by atoms with Gasteiger partial charge in [-0.15, -0.1) is 15.3 Å². The van der Waals surface area contributed by atoms with Crippen molar-refractivity contribution in [2.24, 2.45) is 0 Å². The maximum Gasteiger partial charge on any atom is 0.178 e. The van der Waals surface area contributed by atoms with E-state index in [0.717, 1.165) is 49.8 Å². The number of piperidine rings is 1. The van der Waals surface area contributed by atoms with Gasteiger partial charge in [-0.25, -0.2) is 0 Å². The molecular formula is C17H24N6. The van der Waals surface area contributed by atoms with E-state index in [2.05, 4.69) is 33.9 Å². The summed E-state index contributed by atoms with van der Waals surface area (Å²) in [5.74, 6) is 2.50. The highest BCUT2D eigenvalue weighted by atomic mass is 15.4. The zero-order valence-corrected chi connectivity index (χ0v) is 13.7. The van der Waals surface area contributed by atoms with E-state index >= 15 is 0 Å². The van der Waals surface area contributed by atoms with Gasteiger partial charge in [0.15, 0.2) is 11.5 Å². The Kier molecular flexibility index (Phi) is 3.77. The Morgan fingerprint density at radius 1 is 1.22 bits per heavy atom. The molecule has 1 N–H and O–H groups in total. The fourth-order valence-electron chi connectivity index (χ4n) is 3.30. The van der Waals surface area contributed by atoms with Gasteiger partial charge < -0.3 is 5.32 Å². The van der Waals surface area contributed by atoms with E-state index in [1.165, 1.54) is 18.4 Å². The number of aromatic nitrogens is 4. The third-order valence-electron chi connectivity index (χ3n) is 4.66. The normalized spacial score (nSPS) is 20.0. The summed E-state index contributed by atoms with van der Waals surface area (Å²) in [4.78, 5) is 2.47. The molecule has 1 aliphatic heterocycles. The molecule has 2 fully saturated rings. The zero-order chi connectivity index (χ0) is 15.8. The molecule has 1 saturated carbocycles. The number of nitrogens with one attached hydrogen (secondary N) is 1. The monoisotopic (exact) mass is 312 g/mol. The summed E-state index contributed by atoms with van der Waals surface area (Å²) in [7, 11) is 0. The Balaban J connectivity index is 1.42. The molecule has 2 aromatic rings. The van der Waals surface area contributed by atoms with Crippen LogP contribution in [0.2, 0.25) is 0 Å². The number of hydrogen-bond acceptors (Lipinski definition) is 5. The van der Waals surface area contributed by atoms with Gasteiger partial charge in [0, 0.05) is 31.6 Å². The van der Waals surface area contributed by atoms with Gasteiger partial charge in [-0.2, -0.15) is 4.52 Å². The lowest BCUT2D eigenvalue weighted by molar-refractivity contribution is 0.235. The molecule has 2 aliphatic rings. The second kappa shape index (κ2) is 5.92. The van der Waals surface area contributed by atoms with Crippen molar-refractivity contribution in [1.82, 2.24) is 24.7 Å². The molecule has 23 heavy (non-hydrogen) atoms. The largest absolute Gasteiger partial charge is 0.366 e. The summed E-state index contributed by atoms with van der Waals surface area (Å²) >= 11 is 0. The van der Waals surface area contributed by atoms with Crippen LogP contribution in [0.3, 0.4) is 0 Å². The third kappa shape index (κ3) is 3.22. The minimum Gasteiger partial charge on any atom is -0.366 e. The van der Waals surface area contributed by atoms with Crippen molar-refractivity contribution >= 4 is 11.5 Å². The van der Waals surface area contributed by atoms with Gasteiger partial charge in [0.2, 0.25) is 0 Å². The van der Waals surface area contributed by atoms with Gasteiger partial charge in [0.25, 0.3) is 0 Å². The van der Waals surface area contributed by atoms with Crippen molar-refractivity contribution in [3.63, 3.8) is 0 Å². The highest BCUT2D eigenvalue weighted by molar-refractivity contribution is 5.45. The molecule has 0 aromatic carbocycles. The van der Waals surface area contributed by atoms with Gasteiger partial charge in [0.05, 0.1) is 0 Å². The van der Waals surface area contributed by atoms with Crippen LogP contribution in [0.1, 0.15) is 44.3 Å². The van der Waals surface area contributed by atoms with Crippen molar-refractivity contribution in [3.8, 4) is 0 Å². The topological polar surface area (TPSA) is 58.3 Å². The number of rotatable bonds is 5. The predicted molar refractivity (Wildman–Crippen MR) is 90.7 cm³/mol. The van der Waals surface area contributed by atoms with Gasteiger partial charge in [-0.1, -0.05) is 12.2 Å². The van der Waals surface area contributed by atoms with Crippen molar-refractivity contribution in [3.05, 3.63) is 30.1 Å². The SMILES string of the molecule is C=C(C)CN1CCC(Nc2ccc3nnc(C4CC4)n3n2)CC1. The molecule has 0 radical (unpaired) electrons. The molecule has 1 saturated heterocycles. The first-order valence-electron chi connectivity index (χ1n) is 8.54. The first kappa shape index (κ1) is 14.6. The van der Waals surface area contributed by atoms with Crippen LogP contribution in [-0.4, -0.2) is 50.4 Å². The van der Waals surface area contributed by atoms with E-state index in [4.69, 9.17) is 5.10 Å². The predicted octanol–water partition coefficient (Wildman–Crippen LogP) is 2.45. The average Bonchev–Trinajstić information content (AvgIpc) is 3.29. The maximum atomic E-state index is 4.71. The Hall–Kier alpha value is -1.95. The quantitative estimate of drug-likeness (QED) is 0.860. The average molecular weight is 312 g/mol. The van der Waals surface area contributed by atoms with Crippen LogP contribution in [0.25, 0.3) is 5.65 Å². The number of hydrogen-bond donors (Lipinski definition) is 1. The van der Waals surface area contributed by atoms with E-state index in [1.807, 2.05) is 16.6 Å². The van der Waals surface area contributed by atoms with E-state index < -0.39 is 0 Å². The standard InChI is InChI=1S/C17H24N6/c1-12(2)11-22-9-7-14(8-10-22)18-15-5-6-16-19-20-17(13-3-4-13)23(16)21-15/h5-6,13-14H,1,3-4,7-11H2,2H3,(H,18,21). The summed E-state index contributed by atoms with van der Waals surface area (Å²) in [5, 5.41) is 16.8. The molecular weight excluding hydrogens is 288 g/mol. The molecule has 3 heterocycles. The Morgan fingerprint density at radius 3 is 2.70 bits per heavy atom. The first-order valence-corrected chi connectivity index (χ1v) is 8.54. The molecule has 0 amide bonds. The Morgan fingerprint density at radius 2 is 2.00 bits per heavy atom. The first-order chi connectivity index (χ1) is 11.2. The second-order valence-electron chi connectivity index (χ2n) is 6.97. The van der Waals surface area contributed by atoms with Crippen molar-refractivity contribution in [2.75, 3.05) is 25.0 Å². The van der Waals surface area contributed by atoms with Crippen LogP contribution >= 0.6 is 0 Å². The minimum atomic E-state index is 0.488. The van der Waals surface area contributed by atoms with Crippen LogP contribution in [0.15, 0.2) is 24.3 Å². The van der Waals surface area contributed by atoms with Gasteiger partial charge in [-0.3, -0.25) is 4.90 Å². The summed E-state index contributed by atoms with van der Waals surface area (Å²) in [6.45, 7) is 9.35. The van der Waals surface area contributed by atoms with E-state index in [0.29, 0.717) is 12.0 Å². The third-order valence-corrected chi connectivity index (χ3v) is 4.66. The summed E-state index contributed by atoms with van der Waals surface area (Å²) in [5.41, 5.74) is 2.08. The maximum absolute atomic E-state index is 4.71. The molecule has 2 aromatic heterocycles. The van der Waals surface area contributed by atoms with Crippen LogP contribution in [-0.2, 0) is 0 Å². The molecule has 6 nitrogen and oxygen atoms in total. The summed E-state index contributed by atoms with van der Waals surface area (Å²) in [6.07, 6.45) is 4.71.